The lowest BCUT2D eigenvalue weighted by atomic mass is 10.00. The first-order chi connectivity index (χ1) is 14.2. The molecule has 30 heavy (non-hydrogen) atoms. The number of nitrogens with one attached hydrogen (secondary N) is 1. The molecule has 1 amide bonds. The van der Waals surface area contributed by atoms with E-state index in [0.29, 0.717) is 25.0 Å². The fourth-order valence-electron chi connectivity index (χ4n) is 3.15. The summed E-state index contributed by atoms with van der Waals surface area (Å²) in [7, 11) is 1.55. The molecule has 0 radical (unpaired) electrons. The third kappa shape index (κ3) is 7.54. The van der Waals surface area contributed by atoms with Crippen molar-refractivity contribution in [3.05, 3.63) is 42.0 Å². The third-order valence-corrected chi connectivity index (χ3v) is 4.53. The lowest BCUT2D eigenvalue weighted by Crippen LogP contribution is -2.34. The summed E-state index contributed by atoms with van der Waals surface area (Å²) in [6.45, 7) is 5.29. The highest BCUT2D eigenvalue weighted by molar-refractivity contribution is 5.80. The Morgan fingerprint density at radius 3 is 2.63 bits per heavy atom. The molecule has 2 rings (SSSR count). The molecule has 1 aromatic carbocycles. The average molecular weight is 418 g/mol. The van der Waals surface area contributed by atoms with Crippen LogP contribution in [0.25, 0.3) is 0 Å². The van der Waals surface area contributed by atoms with Crippen molar-refractivity contribution in [2.45, 2.75) is 58.1 Å². The Hall–Kier alpha value is -2.83. The van der Waals surface area contributed by atoms with Gasteiger partial charge in [-0.2, -0.15) is 0 Å². The number of hydrogen-bond donors (Lipinski definition) is 1. The van der Waals surface area contributed by atoms with Crippen molar-refractivity contribution in [2.75, 3.05) is 13.7 Å². The number of esters is 2. The van der Waals surface area contributed by atoms with E-state index < -0.39 is 29.5 Å². The number of hydrogen-bond acceptors (Lipinski definition) is 6. The topological polar surface area (TPSA) is 90.9 Å². The van der Waals surface area contributed by atoms with Gasteiger partial charge in [0, 0.05) is 12.0 Å². The lowest BCUT2D eigenvalue weighted by Gasteiger charge is -2.24. The summed E-state index contributed by atoms with van der Waals surface area (Å²) in [5.41, 5.74) is 0.0963. The normalized spacial score (nSPS) is 22.0. The number of carbonyl (C=O) groups is 3. The van der Waals surface area contributed by atoms with Crippen molar-refractivity contribution >= 4 is 17.8 Å². The van der Waals surface area contributed by atoms with Gasteiger partial charge in [-0.05, 0) is 39.7 Å². The number of carbonyl (C=O) groups excluding carboxylic acids is 3. The SMILES string of the molecule is COc1ccccc1[C@@H]1COC(=O)[C@H](CC(=O)OC(C)(C)C)C/C=C/CCC(=O)N1. The van der Waals surface area contributed by atoms with Gasteiger partial charge in [-0.3, -0.25) is 14.4 Å². The third-order valence-electron chi connectivity index (χ3n) is 4.53. The minimum Gasteiger partial charge on any atom is -0.496 e. The molecule has 7 heteroatoms. The Morgan fingerprint density at radius 1 is 1.20 bits per heavy atom. The van der Waals surface area contributed by atoms with Crippen LogP contribution in [0.1, 0.15) is 58.1 Å². The van der Waals surface area contributed by atoms with Crippen LogP contribution in [0.3, 0.4) is 0 Å². The van der Waals surface area contributed by atoms with Crippen LogP contribution in [0, 0.1) is 5.92 Å². The molecule has 1 heterocycles. The summed E-state index contributed by atoms with van der Waals surface area (Å²) >= 11 is 0. The van der Waals surface area contributed by atoms with Gasteiger partial charge in [0.1, 0.15) is 18.0 Å². The molecule has 0 unspecified atom stereocenters. The predicted octanol–water partition coefficient (Wildman–Crippen LogP) is 3.48. The van der Waals surface area contributed by atoms with E-state index in [9.17, 15) is 14.4 Å². The summed E-state index contributed by atoms with van der Waals surface area (Å²) in [6, 6.07) is 6.71. The maximum Gasteiger partial charge on any atom is 0.309 e. The van der Waals surface area contributed by atoms with Crippen LogP contribution in [0.5, 0.6) is 5.75 Å². The highest BCUT2D eigenvalue weighted by Crippen LogP contribution is 2.26. The van der Waals surface area contributed by atoms with Crippen LogP contribution >= 0.6 is 0 Å². The fourth-order valence-corrected chi connectivity index (χ4v) is 3.15. The first kappa shape index (κ1) is 23.4. The Labute approximate surface area is 177 Å². The second kappa shape index (κ2) is 10.8. The molecule has 1 aliphatic heterocycles. The molecule has 0 fully saturated rings. The zero-order valence-corrected chi connectivity index (χ0v) is 18.1. The van der Waals surface area contributed by atoms with Crippen molar-refractivity contribution in [1.29, 1.82) is 0 Å². The van der Waals surface area contributed by atoms with Crippen LogP contribution in [0.4, 0.5) is 0 Å². The number of para-hydroxylation sites is 1. The van der Waals surface area contributed by atoms with E-state index in [0.717, 1.165) is 5.56 Å². The minimum atomic E-state index is -0.649. The number of ether oxygens (including phenoxy) is 3. The van der Waals surface area contributed by atoms with E-state index in [2.05, 4.69) is 5.32 Å². The van der Waals surface area contributed by atoms with E-state index in [4.69, 9.17) is 14.2 Å². The largest absolute Gasteiger partial charge is 0.496 e. The summed E-state index contributed by atoms with van der Waals surface area (Å²) in [4.78, 5) is 37.3. The summed E-state index contributed by atoms with van der Waals surface area (Å²) in [5, 5.41) is 2.91. The highest BCUT2D eigenvalue weighted by atomic mass is 16.6. The molecule has 164 valence electrons. The van der Waals surface area contributed by atoms with Gasteiger partial charge in [-0.15, -0.1) is 0 Å². The van der Waals surface area contributed by atoms with Crippen LogP contribution in [0.15, 0.2) is 36.4 Å². The first-order valence-electron chi connectivity index (χ1n) is 10.2. The van der Waals surface area contributed by atoms with E-state index >= 15 is 0 Å². The van der Waals surface area contributed by atoms with Gasteiger partial charge in [0.05, 0.1) is 25.5 Å². The van der Waals surface area contributed by atoms with Crippen molar-refractivity contribution in [3.8, 4) is 5.75 Å². The molecule has 1 aromatic rings. The van der Waals surface area contributed by atoms with Crippen molar-refractivity contribution in [3.63, 3.8) is 0 Å². The number of rotatable bonds is 4. The number of benzene rings is 1. The Balaban J connectivity index is 2.19. The van der Waals surface area contributed by atoms with Crippen LogP contribution < -0.4 is 10.1 Å². The molecule has 1 N–H and O–H groups in total. The maximum absolute atomic E-state index is 12.7. The smallest absolute Gasteiger partial charge is 0.309 e. The van der Waals surface area contributed by atoms with Crippen molar-refractivity contribution in [1.82, 2.24) is 5.32 Å². The van der Waals surface area contributed by atoms with E-state index in [1.54, 1.807) is 33.9 Å². The summed E-state index contributed by atoms with van der Waals surface area (Å²) < 4.78 is 16.3. The van der Waals surface area contributed by atoms with Gasteiger partial charge in [0.15, 0.2) is 0 Å². The maximum atomic E-state index is 12.7. The van der Waals surface area contributed by atoms with Crippen LogP contribution in [-0.4, -0.2) is 37.2 Å². The zero-order valence-electron chi connectivity index (χ0n) is 18.1. The summed E-state index contributed by atoms with van der Waals surface area (Å²) in [5.74, 6) is -1.14. The molecular weight excluding hydrogens is 386 g/mol. The monoisotopic (exact) mass is 417 g/mol. The molecular formula is C23H31NO6. The number of allylic oxidation sites excluding steroid dienone is 2. The van der Waals surface area contributed by atoms with Gasteiger partial charge in [-0.25, -0.2) is 0 Å². The van der Waals surface area contributed by atoms with E-state index in [1.807, 2.05) is 30.4 Å². The number of amides is 1. The molecule has 7 nitrogen and oxygen atoms in total. The molecule has 2 atom stereocenters. The van der Waals surface area contributed by atoms with Gasteiger partial charge in [0.2, 0.25) is 5.91 Å². The van der Waals surface area contributed by atoms with E-state index in [1.165, 1.54) is 0 Å². The second-order valence-corrected chi connectivity index (χ2v) is 8.23. The van der Waals surface area contributed by atoms with Crippen LogP contribution in [-0.2, 0) is 23.9 Å². The quantitative estimate of drug-likeness (QED) is 0.596. The Morgan fingerprint density at radius 2 is 1.93 bits per heavy atom. The Kier molecular flexibility index (Phi) is 8.45. The number of methoxy groups -OCH3 is 1. The Bertz CT molecular complexity index is 780. The standard InChI is InChI=1S/C23H31NO6/c1-23(2,3)30-21(26)14-16-10-6-5-7-13-20(25)24-18(15-29-22(16)27)17-11-8-9-12-19(17)28-4/h5-6,8-9,11-12,16,18H,7,10,13-15H2,1-4H3,(H,24,25)/b6-5+/t16-,18-/m0/s1. The average Bonchev–Trinajstić information content (AvgIpc) is 2.67. The molecule has 0 aliphatic carbocycles. The predicted molar refractivity (Wildman–Crippen MR) is 112 cm³/mol. The van der Waals surface area contributed by atoms with E-state index in [-0.39, 0.29) is 18.9 Å². The molecule has 0 spiro atoms. The van der Waals surface area contributed by atoms with Gasteiger partial charge >= 0.3 is 11.9 Å². The van der Waals surface area contributed by atoms with Crippen LogP contribution in [0.2, 0.25) is 0 Å². The van der Waals surface area contributed by atoms with Gasteiger partial charge in [-0.1, -0.05) is 30.4 Å². The molecule has 0 aromatic heterocycles. The fraction of sp³-hybridized carbons (Fsp3) is 0.522. The van der Waals surface area contributed by atoms with Crippen molar-refractivity contribution in [2.24, 2.45) is 5.92 Å². The minimum absolute atomic E-state index is 0.0561. The molecule has 0 bridgehead atoms. The lowest BCUT2D eigenvalue weighted by molar-refractivity contribution is -0.161. The molecule has 0 saturated carbocycles. The summed E-state index contributed by atoms with van der Waals surface area (Å²) in [6.07, 6.45) is 4.79. The number of cyclic esters (lactones) is 1. The highest BCUT2D eigenvalue weighted by Gasteiger charge is 2.28. The van der Waals surface area contributed by atoms with Crippen molar-refractivity contribution < 1.29 is 28.6 Å². The van der Waals surface area contributed by atoms with Gasteiger partial charge < -0.3 is 19.5 Å². The van der Waals surface area contributed by atoms with Gasteiger partial charge in [0.25, 0.3) is 0 Å². The zero-order chi connectivity index (χ0) is 22.1. The second-order valence-electron chi connectivity index (χ2n) is 8.23. The first-order valence-corrected chi connectivity index (χ1v) is 10.2. The molecule has 1 aliphatic rings. The molecule has 0 saturated heterocycles.